The molecule has 0 aliphatic heterocycles. The zero-order chi connectivity index (χ0) is 40.7. The smallest absolute Gasteiger partial charge is 0.0690 e. The molecule has 0 unspecified atom stereocenters. The number of benzene rings is 4. The van der Waals surface area contributed by atoms with Gasteiger partial charge in [-0.05, 0) is 160 Å². The molecule has 0 atom stereocenters. The average Bonchev–Trinajstić information content (AvgIpc) is 3.06. The number of hydrogen-bond acceptors (Lipinski definition) is 1. The maximum Gasteiger partial charge on any atom is 0.0690 e. The third-order valence-corrected chi connectivity index (χ3v) is 14.4. The molecule has 292 valence electrons. The summed E-state index contributed by atoms with van der Waals surface area (Å²) in [5.41, 5.74) is 18.1. The lowest BCUT2D eigenvalue weighted by Crippen LogP contribution is -2.35. The van der Waals surface area contributed by atoms with E-state index in [1.165, 1.54) is 66.5 Å². The fourth-order valence-electron chi connectivity index (χ4n) is 8.37. The van der Waals surface area contributed by atoms with Crippen LogP contribution in [0.2, 0.25) is 0 Å². The van der Waals surface area contributed by atoms with E-state index in [1.54, 1.807) is 10.6 Å². The summed E-state index contributed by atoms with van der Waals surface area (Å²) in [5, 5.41) is 14.5. The molecule has 4 aromatic carbocycles. The summed E-state index contributed by atoms with van der Waals surface area (Å²) in [4.78, 5) is 0. The summed E-state index contributed by atoms with van der Waals surface area (Å²) in [6, 6.07) is 19.7. The first kappa shape index (κ1) is 43.7. The van der Waals surface area contributed by atoms with Gasteiger partial charge in [0, 0.05) is 11.1 Å². The van der Waals surface area contributed by atoms with Crippen LogP contribution in [0.15, 0.2) is 48.5 Å². The van der Waals surface area contributed by atoms with E-state index >= 15 is 0 Å². The minimum Gasteiger partial charge on any atom is -0.300 e. The van der Waals surface area contributed by atoms with Crippen molar-refractivity contribution in [3.63, 3.8) is 0 Å². The van der Waals surface area contributed by atoms with Crippen LogP contribution in [-0.4, -0.2) is 5.71 Å². The van der Waals surface area contributed by atoms with Gasteiger partial charge in [0.2, 0.25) is 0 Å². The van der Waals surface area contributed by atoms with Crippen molar-refractivity contribution in [1.82, 2.24) is 0 Å². The summed E-state index contributed by atoms with van der Waals surface area (Å²) in [6.07, 6.45) is 0. The van der Waals surface area contributed by atoms with Gasteiger partial charge < -0.3 is 0 Å². The van der Waals surface area contributed by atoms with Crippen molar-refractivity contribution in [2.45, 2.75) is 179 Å². The van der Waals surface area contributed by atoms with E-state index in [0.717, 1.165) is 11.1 Å². The third-order valence-electron chi connectivity index (χ3n) is 11.5. The van der Waals surface area contributed by atoms with Crippen molar-refractivity contribution in [3.8, 4) is 0 Å². The van der Waals surface area contributed by atoms with Crippen LogP contribution in [0.3, 0.4) is 0 Å². The molecule has 0 saturated carbocycles. The van der Waals surface area contributed by atoms with Crippen LogP contribution in [0.1, 0.15) is 230 Å². The number of rotatable bonds is 13. The first-order chi connectivity index (χ1) is 25.1. The van der Waals surface area contributed by atoms with Gasteiger partial charge in [0.25, 0.3) is 0 Å². The highest BCUT2D eigenvalue weighted by Gasteiger charge is 2.35. The zero-order valence-electron chi connectivity index (χ0n) is 37.7. The Bertz CT molecular complexity index is 1790. The van der Waals surface area contributed by atoms with Gasteiger partial charge in [-0.3, -0.25) is 5.41 Å². The molecule has 0 aliphatic carbocycles. The van der Waals surface area contributed by atoms with Gasteiger partial charge in [0.05, 0.1) is 5.71 Å². The summed E-state index contributed by atoms with van der Waals surface area (Å²) in [7, 11) is -1.00. The lowest BCUT2D eigenvalue weighted by atomic mass is 9.87. The fraction of sp³-hybridized carbons (Fsp3) is 0.519. The van der Waals surface area contributed by atoms with Gasteiger partial charge in [-0.25, -0.2) is 0 Å². The normalized spacial score (nSPS) is 12.4. The van der Waals surface area contributed by atoms with Gasteiger partial charge in [-0.2, -0.15) is 0 Å². The Labute approximate surface area is 333 Å². The Morgan fingerprint density at radius 3 is 0.889 bits per heavy atom. The van der Waals surface area contributed by atoms with Gasteiger partial charge in [0.1, 0.15) is 0 Å². The molecule has 4 aromatic rings. The van der Waals surface area contributed by atoms with Crippen molar-refractivity contribution >= 4 is 29.5 Å². The maximum absolute atomic E-state index is 9.80. The highest BCUT2D eigenvalue weighted by atomic mass is 31.1. The van der Waals surface area contributed by atoms with E-state index in [1.807, 2.05) is 0 Å². The molecule has 54 heavy (non-hydrogen) atoms. The first-order valence-electron chi connectivity index (χ1n) is 21.1. The second-order valence-corrected chi connectivity index (χ2v) is 20.8. The Hall–Kier alpha value is -3.02. The predicted octanol–water partition coefficient (Wildman–Crippen LogP) is 14.8. The Morgan fingerprint density at radius 2 is 0.648 bits per heavy atom. The molecule has 0 spiro atoms. The van der Waals surface area contributed by atoms with E-state index < -0.39 is 7.92 Å². The van der Waals surface area contributed by atoms with Crippen molar-refractivity contribution < 1.29 is 0 Å². The number of nitrogens with one attached hydrogen (secondary N) is 1. The van der Waals surface area contributed by atoms with Crippen molar-refractivity contribution in [3.05, 3.63) is 121 Å². The minimum atomic E-state index is -1.00. The van der Waals surface area contributed by atoms with Crippen molar-refractivity contribution in [2.75, 3.05) is 0 Å². The molecule has 0 amide bonds. The van der Waals surface area contributed by atoms with Crippen molar-refractivity contribution in [1.29, 1.82) is 5.41 Å². The van der Waals surface area contributed by atoms with Crippen LogP contribution in [0.25, 0.3) is 0 Å². The standard InChI is InChI=1S/C52H74NP/c1-28(2)39-22-42(30(5)6)50(43(23-39)31(7)8)54(51-44(32(9)10)24-40(29(3)4)25-45(51)33(11)12)52-46(34(13)14)26-41(27-47(52)35(15)16)49(53)48-37(18)20-36(17)21-38(48)19/h20-35,53H,1-19H3. The SMILES string of the molecule is Cc1cc(C)c(C(=N)c2cc(C(C)C)c(P(c3c(C(C)C)cc(C(C)C)cc3C(C)C)c3c(C(C)C)cc(C(C)C)cc3C(C)C)c(C(C)C)c2)c(C)c1. The molecule has 1 N–H and O–H groups in total. The topological polar surface area (TPSA) is 23.9 Å². The van der Waals surface area contributed by atoms with E-state index in [-0.39, 0.29) is 11.8 Å². The zero-order valence-corrected chi connectivity index (χ0v) is 38.6. The predicted molar refractivity (Wildman–Crippen MR) is 244 cm³/mol. The van der Waals surface area contributed by atoms with Crippen LogP contribution in [0.5, 0.6) is 0 Å². The summed E-state index contributed by atoms with van der Waals surface area (Å²) in [5.74, 6) is 3.01. The molecule has 0 radical (unpaired) electrons. The Morgan fingerprint density at radius 1 is 0.389 bits per heavy atom. The summed E-state index contributed by atoms with van der Waals surface area (Å²) in [6.45, 7) is 44.8. The van der Waals surface area contributed by atoms with E-state index in [0.29, 0.717) is 41.2 Å². The lowest BCUT2D eigenvalue weighted by molar-refractivity contribution is 0.811. The number of aryl methyl sites for hydroxylation is 3. The van der Waals surface area contributed by atoms with E-state index in [9.17, 15) is 5.41 Å². The second kappa shape index (κ2) is 17.4. The number of hydrogen-bond donors (Lipinski definition) is 1. The molecule has 0 fully saturated rings. The van der Waals surface area contributed by atoms with Crippen LogP contribution in [0.4, 0.5) is 0 Å². The van der Waals surface area contributed by atoms with E-state index in [2.05, 4.69) is 180 Å². The third kappa shape index (κ3) is 8.83. The molecular formula is C52H74NP. The van der Waals surface area contributed by atoms with Crippen LogP contribution < -0.4 is 15.9 Å². The highest BCUT2D eigenvalue weighted by Crippen LogP contribution is 2.48. The molecule has 0 saturated heterocycles. The Kier molecular flexibility index (Phi) is 14.1. The van der Waals surface area contributed by atoms with Crippen LogP contribution in [0, 0.1) is 26.2 Å². The highest BCUT2D eigenvalue weighted by molar-refractivity contribution is 7.80. The second-order valence-electron chi connectivity index (χ2n) is 18.8. The first-order valence-corrected chi connectivity index (χ1v) is 22.4. The summed E-state index contributed by atoms with van der Waals surface area (Å²) >= 11 is 0. The molecule has 1 nitrogen and oxygen atoms in total. The quantitative estimate of drug-likeness (QED) is 0.104. The molecular weight excluding hydrogens is 670 g/mol. The molecule has 0 aliphatic rings. The van der Waals surface area contributed by atoms with Gasteiger partial charge in [-0.15, -0.1) is 0 Å². The molecule has 0 bridgehead atoms. The lowest BCUT2D eigenvalue weighted by Gasteiger charge is -2.37. The minimum absolute atomic E-state index is 0.287. The van der Waals surface area contributed by atoms with Crippen LogP contribution in [-0.2, 0) is 0 Å². The molecule has 2 heteroatoms. The maximum atomic E-state index is 9.80. The van der Waals surface area contributed by atoms with Crippen LogP contribution >= 0.6 is 7.92 Å². The summed E-state index contributed by atoms with van der Waals surface area (Å²) < 4.78 is 0. The average molecular weight is 744 g/mol. The van der Waals surface area contributed by atoms with Gasteiger partial charge in [-0.1, -0.05) is 153 Å². The van der Waals surface area contributed by atoms with Gasteiger partial charge >= 0.3 is 0 Å². The molecule has 4 rings (SSSR count). The monoisotopic (exact) mass is 744 g/mol. The van der Waals surface area contributed by atoms with E-state index in [4.69, 9.17) is 0 Å². The largest absolute Gasteiger partial charge is 0.300 e. The molecule has 0 heterocycles. The Balaban J connectivity index is 2.36. The van der Waals surface area contributed by atoms with Gasteiger partial charge in [0.15, 0.2) is 0 Å². The van der Waals surface area contributed by atoms with Crippen molar-refractivity contribution in [2.24, 2.45) is 0 Å². The molecule has 0 aromatic heterocycles. The fourth-order valence-corrected chi connectivity index (χ4v) is 12.5.